The van der Waals surface area contributed by atoms with Crippen LogP contribution in [0.4, 0.5) is 0 Å². The summed E-state index contributed by atoms with van der Waals surface area (Å²) in [7, 11) is 1.66. The fourth-order valence-electron chi connectivity index (χ4n) is 5.10. The van der Waals surface area contributed by atoms with Crippen molar-refractivity contribution in [2.75, 3.05) is 7.11 Å². The Balaban J connectivity index is 1.48. The van der Waals surface area contributed by atoms with Gasteiger partial charge in [-0.05, 0) is 70.5 Å². The minimum Gasteiger partial charge on any atom is -0.497 e. The summed E-state index contributed by atoms with van der Waals surface area (Å²) in [6.45, 7) is 5.90. The predicted octanol–water partition coefficient (Wildman–Crippen LogP) is 5.23. The highest BCUT2D eigenvalue weighted by Gasteiger charge is 2.26. The van der Waals surface area contributed by atoms with Crippen molar-refractivity contribution in [3.63, 3.8) is 0 Å². The molecule has 0 aliphatic carbocycles. The second-order valence-electron chi connectivity index (χ2n) is 9.84. The molecule has 200 valence electrons. The summed E-state index contributed by atoms with van der Waals surface area (Å²) < 4.78 is 7.25. The molecule has 0 amide bonds. The summed E-state index contributed by atoms with van der Waals surface area (Å²) in [6.07, 6.45) is 1.62. The molecule has 8 heteroatoms. The van der Waals surface area contributed by atoms with E-state index >= 15 is 0 Å². The number of hydrogen-bond donors (Lipinski definition) is 1. The minimum absolute atomic E-state index is 0.0740. The predicted molar refractivity (Wildman–Crippen MR) is 153 cm³/mol. The molecule has 1 unspecified atom stereocenters. The lowest BCUT2D eigenvalue weighted by molar-refractivity contribution is 0.160. The number of fused-ring (bicyclic) bond motifs is 1. The number of pyridine rings is 1. The number of aromatic amines is 1. The number of aryl methyl sites for hydroxylation is 3. The lowest BCUT2D eigenvalue weighted by atomic mass is 10.1. The molecule has 5 rings (SSSR count). The number of benzene rings is 3. The number of H-pyrrole nitrogens is 1. The maximum atomic E-state index is 13.2. The van der Waals surface area contributed by atoms with E-state index in [9.17, 15) is 4.79 Å². The Morgan fingerprint density at radius 1 is 0.974 bits per heavy atom. The second-order valence-corrected chi connectivity index (χ2v) is 9.84. The molecule has 5 aromatic rings. The highest BCUT2D eigenvalue weighted by molar-refractivity contribution is 5.81. The number of ether oxygens (including phenoxy) is 1. The van der Waals surface area contributed by atoms with Crippen LogP contribution in [0.2, 0.25) is 0 Å². The van der Waals surface area contributed by atoms with Crippen LogP contribution in [0.5, 0.6) is 5.75 Å². The summed E-state index contributed by atoms with van der Waals surface area (Å²) in [5.74, 6) is 1.61. The van der Waals surface area contributed by atoms with Crippen LogP contribution in [0.15, 0.2) is 83.7 Å². The molecular weight excluding hydrogens is 488 g/mol. The monoisotopic (exact) mass is 522 g/mol. The Kier molecular flexibility index (Phi) is 8.13. The number of para-hydroxylation sites is 1. The van der Waals surface area contributed by atoms with Gasteiger partial charge in [-0.2, -0.15) is 0 Å². The summed E-state index contributed by atoms with van der Waals surface area (Å²) in [4.78, 5) is 18.6. The largest absolute Gasteiger partial charge is 0.497 e. The molecule has 2 aromatic heterocycles. The fraction of sp³-hybridized carbons (Fsp3) is 0.290. The fourth-order valence-corrected chi connectivity index (χ4v) is 5.10. The maximum Gasteiger partial charge on any atom is 0.252 e. The molecule has 0 bridgehead atoms. The van der Waals surface area contributed by atoms with Crippen LogP contribution in [0.25, 0.3) is 10.9 Å². The third-order valence-corrected chi connectivity index (χ3v) is 7.22. The second kappa shape index (κ2) is 12.0. The van der Waals surface area contributed by atoms with Crippen molar-refractivity contribution in [3.05, 3.63) is 117 Å². The quantitative estimate of drug-likeness (QED) is 0.256. The zero-order valence-electron chi connectivity index (χ0n) is 22.7. The van der Waals surface area contributed by atoms with E-state index in [-0.39, 0.29) is 11.6 Å². The van der Waals surface area contributed by atoms with E-state index < -0.39 is 0 Å². The normalized spacial score (nSPS) is 12.2. The standard InChI is InChI=1S/C31H34N6O2/c1-4-28(30-33-34-35-37(30)18-17-23-10-6-5-7-11-23)36(20-24-13-15-27(39-3)16-14-24)21-26-19-25-12-8-9-22(2)29(25)32-31(26)38/h5-16,19,28H,4,17-18,20-21H2,1-3H3,(H,32,38). The van der Waals surface area contributed by atoms with Crippen LogP contribution in [0, 0.1) is 6.92 Å². The number of hydrogen-bond acceptors (Lipinski definition) is 6. The number of aromatic nitrogens is 5. The molecule has 1 atom stereocenters. The van der Waals surface area contributed by atoms with Crippen molar-refractivity contribution >= 4 is 10.9 Å². The molecular formula is C31H34N6O2. The first-order chi connectivity index (χ1) is 19.1. The molecule has 8 nitrogen and oxygen atoms in total. The van der Waals surface area contributed by atoms with Gasteiger partial charge in [0.25, 0.3) is 5.56 Å². The lowest BCUT2D eigenvalue weighted by Crippen LogP contribution is -2.32. The molecule has 0 spiro atoms. The zero-order chi connectivity index (χ0) is 27.2. The van der Waals surface area contributed by atoms with Gasteiger partial charge >= 0.3 is 0 Å². The summed E-state index contributed by atoms with van der Waals surface area (Å²) in [5, 5.41) is 13.9. The van der Waals surface area contributed by atoms with Gasteiger partial charge in [0, 0.05) is 25.2 Å². The smallest absolute Gasteiger partial charge is 0.252 e. The number of rotatable bonds is 11. The Hall–Kier alpha value is -4.30. The Morgan fingerprint density at radius 2 is 1.77 bits per heavy atom. The van der Waals surface area contributed by atoms with Crippen molar-refractivity contribution in [2.45, 2.75) is 52.4 Å². The first kappa shape index (κ1) is 26.3. The summed E-state index contributed by atoms with van der Waals surface area (Å²) in [6, 6.07) is 26.4. The maximum absolute atomic E-state index is 13.2. The van der Waals surface area contributed by atoms with Gasteiger partial charge in [-0.25, -0.2) is 4.68 Å². The molecule has 2 heterocycles. The number of tetrazole rings is 1. The average molecular weight is 523 g/mol. The van der Waals surface area contributed by atoms with E-state index in [4.69, 9.17) is 4.74 Å². The van der Waals surface area contributed by atoms with Crippen molar-refractivity contribution < 1.29 is 4.74 Å². The minimum atomic E-state index is -0.0921. The molecule has 0 saturated carbocycles. The van der Waals surface area contributed by atoms with Crippen LogP contribution in [-0.4, -0.2) is 37.2 Å². The lowest BCUT2D eigenvalue weighted by Gasteiger charge is -2.30. The number of nitrogens with zero attached hydrogens (tertiary/aromatic N) is 5. The molecule has 0 saturated heterocycles. The Labute approximate surface area is 228 Å². The molecule has 0 aliphatic rings. The highest BCUT2D eigenvalue weighted by Crippen LogP contribution is 2.27. The van der Waals surface area contributed by atoms with Gasteiger partial charge < -0.3 is 9.72 Å². The van der Waals surface area contributed by atoms with Crippen LogP contribution < -0.4 is 10.3 Å². The first-order valence-corrected chi connectivity index (χ1v) is 13.3. The third kappa shape index (κ3) is 6.07. The van der Waals surface area contributed by atoms with Crippen molar-refractivity contribution in [1.82, 2.24) is 30.1 Å². The van der Waals surface area contributed by atoms with E-state index in [2.05, 4.69) is 56.6 Å². The van der Waals surface area contributed by atoms with Crippen molar-refractivity contribution in [1.29, 1.82) is 0 Å². The average Bonchev–Trinajstić information content (AvgIpc) is 3.42. The highest BCUT2D eigenvalue weighted by atomic mass is 16.5. The van der Waals surface area contributed by atoms with E-state index in [0.29, 0.717) is 25.2 Å². The molecule has 0 fully saturated rings. The van der Waals surface area contributed by atoms with Gasteiger partial charge in [-0.1, -0.05) is 67.6 Å². The summed E-state index contributed by atoms with van der Waals surface area (Å²) >= 11 is 0. The van der Waals surface area contributed by atoms with Gasteiger partial charge in [-0.3, -0.25) is 9.69 Å². The first-order valence-electron chi connectivity index (χ1n) is 13.3. The van der Waals surface area contributed by atoms with Crippen molar-refractivity contribution in [3.8, 4) is 5.75 Å². The van der Waals surface area contributed by atoms with E-state index in [1.54, 1.807) is 7.11 Å². The number of nitrogens with one attached hydrogen (secondary N) is 1. The van der Waals surface area contributed by atoms with Crippen LogP contribution in [0.3, 0.4) is 0 Å². The van der Waals surface area contributed by atoms with Gasteiger partial charge in [0.2, 0.25) is 0 Å². The summed E-state index contributed by atoms with van der Waals surface area (Å²) in [5.41, 5.74) is 4.92. The van der Waals surface area contributed by atoms with Crippen LogP contribution in [-0.2, 0) is 26.1 Å². The molecule has 0 radical (unpaired) electrons. The Bertz CT molecular complexity index is 1580. The molecule has 1 N–H and O–H groups in total. The van der Waals surface area contributed by atoms with Gasteiger partial charge in [-0.15, -0.1) is 5.10 Å². The van der Waals surface area contributed by atoms with Gasteiger partial charge in [0.1, 0.15) is 5.75 Å². The number of methoxy groups -OCH3 is 1. The van der Waals surface area contributed by atoms with Gasteiger partial charge in [0.15, 0.2) is 5.82 Å². The van der Waals surface area contributed by atoms with Crippen molar-refractivity contribution in [2.24, 2.45) is 0 Å². The van der Waals surface area contributed by atoms with Gasteiger partial charge in [0.05, 0.1) is 18.7 Å². The van der Waals surface area contributed by atoms with Crippen LogP contribution in [0.1, 0.15) is 47.5 Å². The van der Waals surface area contributed by atoms with E-state index in [1.165, 1.54) is 5.56 Å². The molecule has 3 aromatic carbocycles. The SMILES string of the molecule is CCC(c1nnnn1CCc1ccccc1)N(Cc1ccc(OC)cc1)Cc1cc2cccc(C)c2[nH]c1=O. The van der Waals surface area contributed by atoms with Crippen LogP contribution >= 0.6 is 0 Å². The zero-order valence-corrected chi connectivity index (χ0v) is 22.7. The Morgan fingerprint density at radius 3 is 2.51 bits per heavy atom. The van der Waals surface area contributed by atoms with E-state index in [1.807, 2.05) is 66.2 Å². The third-order valence-electron chi connectivity index (χ3n) is 7.22. The topological polar surface area (TPSA) is 88.9 Å². The molecule has 0 aliphatic heterocycles. The molecule has 39 heavy (non-hydrogen) atoms. The van der Waals surface area contributed by atoms with E-state index in [0.717, 1.165) is 46.4 Å².